The van der Waals surface area contributed by atoms with Crippen molar-refractivity contribution in [2.45, 2.75) is 65.9 Å². The Morgan fingerprint density at radius 1 is 0.909 bits per heavy atom. The van der Waals surface area contributed by atoms with E-state index in [-0.39, 0.29) is 12.7 Å². The molecular formula is C18H38O4. The first kappa shape index (κ1) is 21.8. The van der Waals surface area contributed by atoms with Crippen LogP contribution in [0.1, 0.15) is 59.8 Å². The minimum Gasteiger partial charge on any atom is -0.394 e. The van der Waals surface area contributed by atoms with Crippen molar-refractivity contribution < 1.29 is 19.3 Å². The van der Waals surface area contributed by atoms with Crippen LogP contribution in [0.15, 0.2) is 0 Å². The van der Waals surface area contributed by atoms with Crippen LogP contribution in [0.3, 0.4) is 0 Å². The Morgan fingerprint density at radius 3 is 2.14 bits per heavy atom. The van der Waals surface area contributed by atoms with Gasteiger partial charge in [-0.3, -0.25) is 0 Å². The van der Waals surface area contributed by atoms with E-state index in [2.05, 4.69) is 27.7 Å². The Kier molecular flexibility index (Phi) is 15.6. The average molecular weight is 318 g/mol. The van der Waals surface area contributed by atoms with Crippen molar-refractivity contribution in [1.29, 1.82) is 0 Å². The predicted octanol–water partition coefficient (Wildman–Crippen LogP) is 3.66. The van der Waals surface area contributed by atoms with Gasteiger partial charge >= 0.3 is 0 Å². The van der Waals surface area contributed by atoms with Crippen molar-refractivity contribution in [2.75, 3.05) is 39.6 Å². The van der Waals surface area contributed by atoms with Crippen molar-refractivity contribution in [1.82, 2.24) is 0 Å². The van der Waals surface area contributed by atoms with E-state index in [1.54, 1.807) is 0 Å². The molecule has 0 fully saturated rings. The zero-order valence-electron chi connectivity index (χ0n) is 15.2. The summed E-state index contributed by atoms with van der Waals surface area (Å²) in [5, 5.41) is 8.91. The van der Waals surface area contributed by atoms with Gasteiger partial charge in [0.2, 0.25) is 0 Å². The molecule has 0 aromatic carbocycles. The SMILES string of the molecule is CCCCC(CC)COCC(COCC(C)CC)OCCO. The number of hydrogen-bond acceptors (Lipinski definition) is 4. The van der Waals surface area contributed by atoms with Gasteiger partial charge in [0, 0.05) is 13.2 Å². The van der Waals surface area contributed by atoms with Crippen molar-refractivity contribution in [3.05, 3.63) is 0 Å². The van der Waals surface area contributed by atoms with Crippen molar-refractivity contribution >= 4 is 0 Å². The summed E-state index contributed by atoms with van der Waals surface area (Å²) in [6.45, 7) is 11.8. The Bertz CT molecular complexity index is 223. The molecule has 0 amide bonds. The highest BCUT2D eigenvalue weighted by atomic mass is 16.6. The molecule has 4 nitrogen and oxygen atoms in total. The fourth-order valence-corrected chi connectivity index (χ4v) is 2.15. The van der Waals surface area contributed by atoms with E-state index in [4.69, 9.17) is 19.3 Å². The lowest BCUT2D eigenvalue weighted by Crippen LogP contribution is -2.29. The third-order valence-electron chi connectivity index (χ3n) is 4.05. The van der Waals surface area contributed by atoms with Crippen LogP contribution in [-0.2, 0) is 14.2 Å². The van der Waals surface area contributed by atoms with Crippen LogP contribution in [0.4, 0.5) is 0 Å². The smallest absolute Gasteiger partial charge is 0.104 e. The van der Waals surface area contributed by atoms with Gasteiger partial charge in [-0.15, -0.1) is 0 Å². The summed E-state index contributed by atoms with van der Waals surface area (Å²) in [5.41, 5.74) is 0. The zero-order valence-corrected chi connectivity index (χ0v) is 15.2. The van der Waals surface area contributed by atoms with Crippen LogP contribution in [0, 0.1) is 11.8 Å². The summed E-state index contributed by atoms with van der Waals surface area (Å²) < 4.78 is 17.2. The number of aliphatic hydroxyl groups excluding tert-OH is 1. The molecule has 0 aliphatic carbocycles. The molecule has 4 heteroatoms. The maximum atomic E-state index is 8.91. The lowest BCUT2D eigenvalue weighted by Gasteiger charge is -2.21. The summed E-state index contributed by atoms with van der Waals surface area (Å²) in [5.74, 6) is 1.21. The molecular weight excluding hydrogens is 280 g/mol. The maximum absolute atomic E-state index is 8.91. The molecule has 0 rings (SSSR count). The second-order valence-corrected chi connectivity index (χ2v) is 6.22. The summed E-state index contributed by atoms with van der Waals surface area (Å²) >= 11 is 0. The van der Waals surface area contributed by atoms with Gasteiger partial charge in [0.1, 0.15) is 6.10 Å². The quantitative estimate of drug-likeness (QED) is 0.472. The Balaban J connectivity index is 3.95. The molecule has 0 aromatic heterocycles. The minimum atomic E-state index is -0.0834. The van der Waals surface area contributed by atoms with Crippen LogP contribution in [0.2, 0.25) is 0 Å². The van der Waals surface area contributed by atoms with Gasteiger partial charge in [0.25, 0.3) is 0 Å². The normalized spacial score (nSPS) is 15.7. The molecule has 0 aromatic rings. The fraction of sp³-hybridized carbons (Fsp3) is 1.00. The van der Waals surface area contributed by atoms with E-state index in [1.165, 1.54) is 19.3 Å². The molecule has 22 heavy (non-hydrogen) atoms. The highest BCUT2D eigenvalue weighted by Crippen LogP contribution is 2.13. The van der Waals surface area contributed by atoms with Crippen molar-refractivity contribution in [2.24, 2.45) is 11.8 Å². The summed E-state index contributed by atoms with van der Waals surface area (Å²) in [7, 11) is 0. The molecule has 1 N–H and O–H groups in total. The minimum absolute atomic E-state index is 0.0376. The maximum Gasteiger partial charge on any atom is 0.104 e. The summed E-state index contributed by atoms with van der Waals surface area (Å²) in [6.07, 6.45) is 5.94. The summed E-state index contributed by atoms with van der Waals surface area (Å²) in [6, 6.07) is 0. The van der Waals surface area contributed by atoms with E-state index in [1.807, 2.05) is 0 Å². The van der Waals surface area contributed by atoms with Gasteiger partial charge in [-0.05, 0) is 18.3 Å². The van der Waals surface area contributed by atoms with Crippen LogP contribution in [0.5, 0.6) is 0 Å². The van der Waals surface area contributed by atoms with Gasteiger partial charge in [0.15, 0.2) is 0 Å². The van der Waals surface area contributed by atoms with Gasteiger partial charge < -0.3 is 19.3 Å². The second-order valence-electron chi connectivity index (χ2n) is 6.22. The van der Waals surface area contributed by atoms with Crippen molar-refractivity contribution in [3.63, 3.8) is 0 Å². The first-order valence-electron chi connectivity index (χ1n) is 9.05. The molecule has 134 valence electrons. The lowest BCUT2D eigenvalue weighted by molar-refractivity contribution is -0.0751. The Labute approximate surface area is 137 Å². The van der Waals surface area contributed by atoms with Gasteiger partial charge in [0.05, 0.1) is 26.4 Å². The average Bonchev–Trinajstić information content (AvgIpc) is 2.54. The molecule has 0 heterocycles. The van der Waals surface area contributed by atoms with E-state index in [9.17, 15) is 0 Å². The molecule has 0 spiro atoms. The van der Waals surface area contributed by atoms with Crippen LogP contribution in [0.25, 0.3) is 0 Å². The molecule has 0 saturated heterocycles. The Hall–Kier alpha value is -0.160. The lowest BCUT2D eigenvalue weighted by atomic mass is 10.0. The standard InChI is InChI=1S/C18H38O4/c1-5-8-9-17(7-3)13-21-15-18(22-11-10-19)14-20-12-16(4)6-2/h16-19H,5-15H2,1-4H3. The molecule has 3 unspecified atom stereocenters. The van der Waals surface area contributed by atoms with E-state index >= 15 is 0 Å². The van der Waals surface area contributed by atoms with Gasteiger partial charge in [-0.1, -0.05) is 53.4 Å². The highest BCUT2D eigenvalue weighted by molar-refractivity contribution is 4.60. The number of aliphatic hydroxyl groups is 1. The summed E-state index contributed by atoms with van der Waals surface area (Å²) in [4.78, 5) is 0. The van der Waals surface area contributed by atoms with Crippen LogP contribution in [-0.4, -0.2) is 50.9 Å². The molecule has 0 radical (unpaired) electrons. The van der Waals surface area contributed by atoms with Crippen LogP contribution < -0.4 is 0 Å². The van der Waals surface area contributed by atoms with Crippen LogP contribution >= 0.6 is 0 Å². The number of hydrogen-bond donors (Lipinski definition) is 1. The van der Waals surface area contributed by atoms with E-state index < -0.39 is 0 Å². The van der Waals surface area contributed by atoms with E-state index in [0.29, 0.717) is 31.7 Å². The monoisotopic (exact) mass is 318 g/mol. The molecule has 0 aliphatic rings. The first-order chi connectivity index (χ1) is 10.7. The van der Waals surface area contributed by atoms with Gasteiger partial charge in [-0.2, -0.15) is 0 Å². The highest BCUT2D eigenvalue weighted by Gasteiger charge is 2.13. The number of ether oxygens (including phenoxy) is 3. The topological polar surface area (TPSA) is 47.9 Å². The Morgan fingerprint density at radius 2 is 1.59 bits per heavy atom. The molecule has 3 atom stereocenters. The molecule has 0 aliphatic heterocycles. The second kappa shape index (κ2) is 15.7. The molecule has 0 bridgehead atoms. The fourth-order valence-electron chi connectivity index (χ4n) is 2.15. The number of rotatable bonds is 16. The molecule has 0 saturated carbocycles. The largest absolute Gasteiger partial charge is 0.394 e. The van der Waals surface area contributed by atoms with E-state index in [0.717, 1.165) is 26.1 Å². The third kappa shape index (κ3) is 12.4. The third-order valence-corrected chi connectivity index (χ3v) is 4.05. The zero-order chi connectivity index (χ0) is 16.6. The van der Waals surface area contributed by atoms with Crippen molar-refractivity contribution in [3.8, 4) is 0 Å². The van der Waals surface area contributed by atoms with Gasteiger partial charge in [-0.25, -0.2) is 0 Å². The number of unbranched alkanes of at least 4 members (excludes halogenated alkanes) is 1. The predicted molar refractivity (Wildman–Crippen MR) is 91.2 cm³/mol. The first-order valence-corrected chi connectivity index (χ1v) is 9.05.